The third-order valence-corrected chi connectivity index (χ3v) is 5.49. The molecule has 0 bridgehead atoms. The van der Waals surface area contributed by atoms with Crippen LogP contribution in [-0.2, 0) is 0 Å². The van der Waals surface area contributed by atoms with E-state index in [1.54, 1.807) is 0 Å². The molecule has 1 unspecified atom stereocenters. The standard InChI is InChI=1S/C14H18Br2O/c15-12-7-6-11(9-13(12)16)14(17)8-10-4-2-1-3-5-10/h6-7,9-10,14,17H,1-5,8H2. The van der Waals surface area contributed by atoms with E-state index < -0.39 is 0 Å². The van der Waals surface area contributed by atoms with E-state index in [0.29, 0.717) is 5.92 Å². The maximum absolute atomic E-state index is 10.3. The number of benzene rings is 1. The Kier molecular flexibility index (Phi) is 5.07. The Morgan fingerprint density at radius 2 is 1.82 bits per heavy atom. The monoisotopic (exact) mass is 360 g/mol. The zero-order chi connectivity index (χ0) is 12.3. The molecule has 1 aliphatic carbocycles. The highest BCUT2D eigenvalue weighted by Gasteiger charge is 2.18. The van der Waals surface area contributed by atoms with Crippen LogP contribution in [0.5, 0.6) is 0 Å². The van der Waals surface area contributed by atoms with Crippen molar-refractivity contribution >= 4 is 31.9 Å². The lowest BCUT2D eigenvalue weighted by molar-refractivity contribution is 0.131. The molecule has 0 heterocycles. The fraction of sp³-hybridized carbons (Fsp3) is 0.571. The molecule has 1 aromatic rings. The largest absolute Gasteiger partial charge is 0.388 e. The van der Waals surface area contributed by atoms with Crippen LogP contribution >= 0.6 is 31.9 Å². The zero-order valence-corrected chi connectivity index (χ0v) is 13.0. The summed E-state index contributed by atoms with van der Waals surface area (Å²) < 4.78 is 2.05. The maximum atomic E-state index is 10.3. The predicted octanol–water partition coefficient (Wildman–Crippen LogP) is 5.22. The molecule has 0 radical (unpaired) electrons. The van der Waals surface area contributed by atoms with E-state index in [4.69, 9.17) is 0 Å². The van der Waals surface area contributed by atoms with Crippen molar-refractivity contribution < 1.29 is 5.11 Å². The smallest absolute Gasteiger partial charge is 0.0793 e. The van der Waals surface area contributed by atoms with Crippen molar-refractivity contribution in [2.75, 3.05) is 0 Å². The summed E-state index contributed by atoms with van der Waals surface area (Å²) in [4.78, 5) is 0. The fourth-order valence-electron chi connectivity index (χ4n) is 2.59. The van der Waals surface area contributed by atoms with Gasteiger partial charge in [0.2, 0.25) is 0 Å². The van der Waals surface area contributed by atoms with Gasteiger partial charge in [-0.15, -0.1) is 0 Å². The Morgan fingerprint density at radius 3 is 2.47 bits per heavy atom. The third-order valence-electron chi connectivity index (χ3n) is 3.61. The molecule has 0 aliphatic heterocycles. The summed E-state index contributed by atoms with van der Waals surface area (Å²) in [5.41, 5.74) is 1.02. The Bertz CT molecular complexity index is 372. The lowest BCUT2D eigenvalue weighted by atomic mass is 9.84. The van der Waals surface area contributed by atoms with E-state index in [1.165, 1.54) is 32.1 Å². The van der Waals surface area contributed by atoms with Crippen LogP contribution in [0.3, 0.4) is 0 Å². The second-order valence-corrected chi connectivity index (χ2v) is 6.64. The van der Waals surface area contributed by atoms with Gasteiger partial charge in [0.05, 0.1) is 6.10 Å². The summed E-state index contributed by atoms with van der Waals surface area (Å²) >= 11 is 6.93. The Labute approximate surface area is 120 Å². The predicted molar refractivity (Wildman–Crippen MR) is 78.0 cm³/mol. The molecule has 0 aromatic heterocycles. The third kappa shape index (κ3) is 3.80. The summed E-state index contributed by atoms with van der Waals surface area (Å²) in [6, 6.07) is 6.00. The summed E-state index contributed by atoms with van der Waals surface area (Å²) in [6.45, 7) is 0. The SMILES string of the molecule is OC(CC1CCCCC1)c1ccc(Br)c(Br)c1. The topological polar surface area (TPSA) is 20.2 Å². The van der Waals surface area contributed by atoms with Gasteiger partial charge in [0, 0.05) is 8.95 Å². The van der Waals surface area contributed by atoms with Crippen LogP contribution in [0.4, 0.5) is 0 Å². The van der Waals surface area contributed by atoms with E-state index in [9.17, 15) is 5.11 Å². The number of hydrogen-bond acceptors (Lipinski definition) is 1. The van der Waals surface area contributed by atoms with Gasteiger partial charge in [-0.2, -0.15) is 0 Å². The van der Waals surface area contributed by atoms with Crippen LogP contribution in [0.1, 0.15) is 50.2 Å². The molecule has 1 atom stereocenters. The number of aliphatic hydroxyl groups excluding tert-OH is 1. The van der Waals surface area contributed by atoms with E-state index in [1.807, 2.05) is 18.2 Å². The first-order chi connectivity index (χ1) is 8.16. The van der Waals surface area contributed by atoms with Crippen LogP contribution < -0.4 is 0 Å². The number of aliphatic hydroxyl groups is 1. The molecular weight excluding hydrogens is 344 g/mol. The number of hydrogen-bond donors (Lipinski definition) is 1. The molecule has 1 N–H and O–H groups in total. The van der Waals surface area contributed by atoms with Crippen LogP contribution in [0.15, 0.2) is 27.1 Å². The quantitative estimate of drug-likeness (QED) is 0.782. The van der Waals surface area contributed by atoms with Crippen molar-refractivity contribution in [3.63, 3.8) is 0 Å². The first-order valence-corrected chi connectivity index (χ1v) is 7.88. The molecule has 17 heavy (non-hydrogen) atoms. The van der Waals surface area contributed by atoms with Gasteiger partial charge in [0.25, 0.3) is 0 Å². The summed E-state index contributed by atoms with van der Waals surface area (Å²) in [5, 5.41) is 10.3. The van der Waals surface area contributed by atoms with Crippen molar-refractivity contribution in [1.29, 1.82) is 0 Å². The average molecular weight is 362 g/mol. The highest BCUT2D eigenvalue weighted by Crippen LogP contribution is 2.33. The summed E-state index contributed by atoms with van der Waals surface area (Å²) in [6.07, 6.45) is 7.21. The minimum atomic E-state index is -0.317. The molecule has 0 saturated heterocycles. The van der Waals surface area contributed by atoms with Gasteiger partial charge in [-0.25, -0.2) is 0 Å². The van der Waals surface area contributed by atoms with E-state index >= 15 is 0 Å². The molecule has 94 valence electrons. The molecule has 1 fully saturated rings. The van der Waals surface area contributed by atoms with Gasteiger partial charge in [-0.05, 0) is 61.9 Å². The van der Waals surface area contributed by atoms with Gasteiger partial charge in [-0.3, -0.25) is 0 Å². The van der Waals surface area contributed by atoms with Crippen LogP contribution in [-0.4, -0.2) is 5.11 Å². The summed E-state index contributed by atoms with van der Waals surface area (Å²) in [5.74, 6) is 0.709. The molecule has 2 rings (SSSR count). The number of rotatable bonds is 3. The van der Waals surface area contributed by atoms with Crippen molar-refractivity contribution in [2.45, 2.75) is 44.6 Å². The molecule has 0 amide bonds. The minimum Gasteiger partial charge on any atom is -0.388 e. The van der Waals surface area contributed by atoms with Gasteiger partial charge in [-0.1, -0.05) is 38.2 Å². The van der Waals surface area contributed by atoms with Gasteiger partial charge in [0.1, 0.15) is 0 Å². The Balaban J connectivity index is 1.98. The van der Waals surface area contributed by atoms with Crippen LogP contribution in [0, 0.1) is 5.92 Å². The first-order valence-electron chi connectivity index (χ1n) is 6.30. The molecule has 3 heteroatoms. The highest BCUT2D eigenvalue weighted by atomic mass is 79.9. The second kappa shape index (κ2) is 6.35. The van der Waals surface area contributed by atoms with Crippen LogP contribution in [0.25, 0.3) is 0 Å². The number of halogens is 2. The lowest BCUT2D eigenvalue weighted by Crippen LogP contribution is -2.11. The molecule has 1 nitrogen and oxygen atoms in total. The molecule has 0 spiro atoms. The second-order valence-electron chi connectivity index (χ2n) is 4.93. The van der Waals surface area contributed by atoms with Gasteiger partial charge >= 0.3 is 0 Å². The average Bonchev–Trinajstić information content (AvgIpc) is 2.34. The zero-order valence-electron chi connectivity index (χ0n) is 9.83. The van der Waals surface area contributed by atoms with Gasteiger partial charge < -0.3 is 5.11 Å². The molecule has 1 aromatic carbocycles. The highest BCUT2D eigenvalue weighted by molar-refractivity contribution is 9.13. The molecule has 1 saturated carbocycles. The first kappa shape index (κ1) is 13.6. The molecular formula is C14H18Br2O. The van der Waals surface area contributed by atoms with Gasteiger partial charge in [0.15, 0.2) is 0 Å². The van der Waals surface area contributed by atoms with Crippen molar-refractivity contribution in [3.8, 4) is 0 Å². The Hall–Kier alpha value is 0.140. The van der Waals surface area contributed by atoms with Crippen LogP contribution in [0.2, 0.25) is 0 Å². The fourth-order valence-corrected chi connectivity index (χ4v) is 3.24. The van der Waals surface area contributed by atoms with Crippen molar-refractivity contribution in [3.05, 3.63) is 32.7 Å². The minimum absolute atomic E-state index is 0.317. The Morgan fingerprint density at radius 1 is 1.12 bits per heavy atom. The van der Waals surface area contributed by atoms with Crippen molar-refractivity contribution in [2.24, 2.45) is 5.92 Å². The van der Waals surface area contributed by atoms with Crippen molar-refractivity contribution in [1.82, 2.24) is 0 Å². The van der Waals surface area contributed by atoms with E-state index in [2.05, 4.69) is 31.9 Å². The lowest BCUT2D eigenvalue weighted by Gasteiger charge is -2.24. The molecule has 1 aliphatic rings. The summed E-state index contributed by atoms with van der Waals surface area (Å²) in [7, 11) is 0. The van der Waals surface area contributed by atoms with E-state index in [0.717, 1.165) is 20.9 Å². The maximum Gasteiger partial charge on any atom is 0.0793 e. The normalized spacial score (nSPS) is 19.2. The van der Waals surface area contributed by atoms with E-state index in [-0.39, 0.29) is 6.10 Å².